The van der Waals surface area contributed by atoms with Crippen molar-refractivity contribution in [2.24, 2.45) is 0 Å². The van der Waals surface area contributed by atoms with Crippen molar-refractivity contribution in [3.63, 3.8) is 0 Å². The van der Waals surface area contributed by atoms with Gasteiger partial charge in [0.15, 0.2) is 6.29 Å². The zero-order valence-electron chi connectivity index (χ0n) is 7.40. The maximum absolute atomic E-state index is 5.36. The predicted octanol–water partition coefficient (Wildman–Crippen LogP) is 1.36. The molecule has 13 heavy (non-hydrogen) atoms. The van der Waals surface area contributed by atoms with E-state index < -0.39 is 0 Å². The first-order chi connectivity index (χ1) is 6.45. The lowest BCUT2D eigenvalue weighted by molar-refractivity contribution is -0.0218. The van der Waals surface area contributed by atoms with Gasteiger partial charge in [-0.1, -0.05) is 38.9 Å². The molecule has 1 fully saturated rings. The summed E-state index contributed by atoms with van der Waals surface area (Å²) in [6.45, 7) is 1.51. The van der Waals surface area contributed by atoms with E-state index in [-0.39, 0.29) is 6.29 Å². The second-order valence-corrected chi connectivity index (χ2v) is 4.26. The monoisotopic (exact) mass is 196 g/mol. The Hall–Kier alpha value is -0.430. The van der Waals surface area contributed by atoms with Crippen molar-refractivity contribution in [3.8, 4) is 0 Å². The highest BCUT2D eigenvalue weighted by atomic mass is 31.1. The van der Waals surface area contributed by atoms with Crippen LogP contribution in [-0.4, -0.2) is 25.7 Å². The molecule has 1 aromatic rings. The van der Waals surface area contributed by atoms with E-state index >= 15 is 0 Å². The third-order valence-electron chi connectivity index (χ3n) is 1.94. The summed E-state index contributed by atoms with van der Waals surface area (Å²) in [6.07, 6.45) is 1.03. The van der Waals surface area contributed by atoms with Crippen molar-refractivity contribution < 1.29 is 9.47 Å². The van der Waals surface area contributed by atoms with Gasteiger partial charge in [-0.2, -0.15) is 0 Å². The first-order valence-corrected chi connectivity index (χ1v) is 5.68. The summed E-state index contributed by atoms with van der Waals surface area (Å²) in [7, 11) is 0.788. The normalized spacial score (nSPS) is 18.8. The molecule has 0 saturated carbocycles. The van der Waals surface area contributed by atoms with E-state index in [0.29, 0.717) is 0 Å². The molecule has 1 aromatic carbocycles. The summed E-state index contributed by atoms with van der Waals surface area (Å²) >= 11 is 0. The van der Waals surface area contributed by atoms with Crippen LogP contribution >= 0.6 is 8.58 Å². The average molecular weight is 196 g/mol. The molecule has 0 spiro atoms. The van der Waals surface area contributed by atoms with E-state index in [4.69, 9.17) is 9.47 Å². The summed E-state index contributed by atoms with van der Waals surface area (Å²) in [5, 5.41) is 1.38. The molecule has 0 bridgehead atoms. The molecule has 0 aromatic heterocycles. The molecular formula is C10H13O2P. The second kappa shape index (κ2) is 4.71. The lowest BCUT2D eigenvalue weighted by Gasteiger charge is -2.08. The van der Waals surface area contributed by atoms with Gasteiger partial charge in [-0.25, -0.2) is 0 Å². The Bertz CT molecular complexity index is 244. The highest BCUT2D eigenvalue weighted by Crippen LogP contribution is 2.16. The Labute approximate surface area is 80.0 Å². The Morgan fingerprint density at radius 1 is 1.15 bits per heavy atom. The van der Waals surface area contributed by atoms with Crippen LogP contribution in [0.5, 0.6) is 0 Å². The van der Waals surface area contributed by atoms with Crippen LogP contribution in [0.4, 0.5) is 0 Å². The summed E-state index contributed by atoms with van der Waals surface area (Å²) in [5.74, 6) is 0. The number of ether oxygens (including phenoxy) is 2. The van der Waals surface area contributed by atoms with Gasteiger partial charge < -0.3 is 9.47 Å². The number of benzene rings is 1. The molecule has 0 amide bonds. The number of hydrogen-bond acceptors (Lipinski definition) is 2. The predicted molar refractivity (Wildman–Crippen MR) is 55.0 cm³/mol. The summed E-state index contributed by atoms with van der Waals surface area (Å²) in [5.41, 5.74) is 0. The van der Waals surface area contributed by atoms with E-state index in [9.17, 15) is 0 Å². The van der Waals surface area contributed by atoms with Gasteiger partial charge in [0, 0.05) is 6.16 Å². The van der Waals surface area contributed by atoms with Crippen molar-refractivity contribution >= 4 is 13.9 Å². The van der Waals surface area contributed by atoms with Crippen molar-refractivity contribution in [1.82, 2.24) is 0 Å². The zero-order chi connectivity index (χ0) is 8.93. The van der Waals surface area contributed by atoms with E-state index in [2.05, 4.69) is 24.3 Å². The van der Waals surface area contributed by atoms with Crippen LogP contribution in [0.3, 0.4) is 0 Å². The third-order valence-corrected chi connectivity index (χ3v) is 3.22. The molecule has 3 heteroatoms. The van der Waals surface area contributed by atoms with Crippen molar-refractivity contribution in [2.45, 2.75) is 6.29 Å². The molecule has 0 aliphatic carbocycles. The van der Waals surface area contributed by atoms with E-state index in [1.165, 1.54) is 5.30 Å². The molecule has 1 atom stereocenters. The first kappa shape index (κ1) is 9.14. The highest BCUT2D eigenvalue weighted by Gasteiger charge is 2.14. The summed E-state index contributed by atoms with van der Waals surface area (Å²) in [6, 6.07) is 10.5. The lowest BCUT2D eigenvalue weighted by Crippen LogP contribution is -2.11. The molecule has 1 aliphatic heterocycles. The van der Waals surface area contributed by atoms with E-state index in [0.717, 1.165) is 28.0 Å². The van der Waals surface area contributed by atoms with Crippen molar-refractivity contribution in [3.05, 3.63) is 30.3 Å². The fourth-order valence-electron chi connectivity index (χ4n) is 1.28. The molecule has 0 N–H and O–H groups in total. The largest absolute Gasteiger partial charge is 0.350 e. The zero-order valence-corrected chi connectivity index (χ0v) is 8.40. The average Bonchev–Trinajstić information content (AvgIpc) is 2.69. The van der Waals surface area contributed by atoms with Crippen LogP contribution in [0, 0.1) is 0 Å². The van der Waals surface area contributed by atoms with Crippen LogP contribution in [0.1, 0.15) is 0 Å². The molecule has 2 nitrogen and oxygen atoms in total. The lowest BCUT2D eigenvalue weighted by atomic mass is 10.4. The fraction of sp³-hybridized carbons (Fsp3) is 0.400. The number of hydrogen-bond donors (Lipinski definition) is 0. The minimum Gasteiger partial charge on any atom is -0.350 e. The van der Waals surface area contributed by atoms with Crippen molar-refractivity contribution in [1.29, 1.82) is 0 Å². The summed E-state index contributed by atoms with van der Waals surface area (Å²) in [4.78, 5) is 0. The third kappa shape index (κ3) is 2.77. The van der Waals surface area contributed by atoms with Gasteiger partial charge in [-0.05, 0) is 5.30 Å². The van der Waals surface area contributed by atoms with Gasteiger partial charge >= 0.3 is 0 Å². The second-order valence-electron chi connectivity index (χ2n) is 2.92. The highest BCUT2D eigenvalue weighted by molar-refractivity contribution is 7.47. The Morgan fingerprint density at radius 3 is 2.54 bits per heavy atom. The number of rotatable bonds is 3. The van der Waals surface area contributed by atoms with Crippen LogP contribution < -0.4 is 5.30 Å². The SMILES string of the molecule is c1ccc(PCC2OCCO2)cc1. The fourth-order valence-corrected chi connectivity index (χ4v) is 2.35. The molecule has 0 radical (unpaired) electrons. The van der Waals surface area contributed by atoms with Gasteiger partial charge in [0.05, 0.1) is 13.2 Å². The molecule has 70 valence electrons. The van der Waals surface area contributed by atoms with Gasteiger partial charge in [-0.15, -0.1) is 0 Å². The maximum Gasteiger partial charge on any atom is 0.161 e. The van der Waals surface area contributed by atoms with Crippen LogP contribution in [0.2, 0.25) is 0 Å². The molecule has 1 saturated heterocycles. The molecule has 2 rings (SSSR count). The quantitative estimate of drug-likeness (QED) is 0.679. The van der Waals surface area contributed by atoms with Gasteiger partial charge in [0.2, 0.25) is 0 Å². The van der Waals surface area contributed by atoms with E-state index in [1.54, 1.807) is 0 Å². The Balaban J connectivity index is 1.79. The van der Waals surface area contributed by atoms with Crippen LogP contribution in [0.15, 0.2) is 30.3 Å². The smallest absolute Gasteiger partial charge is 0.161 e. The van der Waals surface area contributed by atoms with Crippen LogP contribution in [0.25, 0.3) is 0 Å². The topological polar surface area (TPSA) is 18.5 Å². The standard InChI is InChI=1S/C10H13O2P/c1-2-4-9(5-3-1)13-8-10-11-6-7-12-10/h1-5,10,13H,6-8H2. The van der Waals surface area contributed by atoms with E-state index in [1.807, 2.05) is 6.07 Å². The first-order valence-electron chi connectivity index (χ1n) is 4.47. The van der Waals surface area contributed by atoms with Crippen LogP contribution in [-0.2, 0) is 9.47 Å². The molecule has 1 heterocycles. The minimum absolute atomic E-state index is 0.0403. The van der Waals surface area contributed by atoms with Gasteiger partial charge in [0.25, 0.3) is 0 Å². The Kier molecular flexibility index (Phi) is 3.31. The van der Waals surface area contributed by atoms with Gasteiger partial charge in [-0.3, -0.25) is 0 Å². The molecular weight excluding hydrogens is 183 g/mol. The Morgan fingerprint density at radius 2 is 1.85 bits per heavy atom. The van der Waals surface area contributed by atoms with Crippen molar-refractivity contribution in [2.75, 3.05) is 19.4 Å². The molecule has 1 unspecified atom stereocenters. The van der Waals surface area contributed by atoms with Gasteiger partial charge in [0.1, 0.15) is 0 Å². The summed E-state index contributed by atoms with van der Waals surface area (Å²) < 4.78 is 10.7. The minimum atomic E-state index is 0.0403. The molecule has 1 aliphatic rings. The maximum atomic E-state index is 5.36.